The molecule has 180 valence electrons. The Bertz CT molecular complexity index is 1020. The number of alkyl carbamates (subject to hydrolysis) is 1. The van der Waals surface area contributed by atoms with Gasteiger partial charge in [0.05, 0.1) is 25.2 Å². The van der Waals surface area contributed by atoms with E-state index in [1.807, 2.05) is 55.5 Å². The van der Waals surface area contributed by atoms with E-state index >= 15 is 0 Å². The van der Waals surface area contributed by atoms with E-state index in [1.165, 1.54) is 4.90 Å². The molecule has 1 aliphatic carbocycles. The van der Waals surface area contributed by atoms with Gasteiger partial charge < -0.3 is 24.8 Å². The molecule has 2 aromatic rings. The molecule has 1 fully saturated rings. The van der Waals surface area contributed by atoms with Crippen molar-refractivity contribution in [2.45, 2.75) is 50.3 Å². The largest absolute Gasteiger partial charge is 0.481 e. The molecule has 8 heteroatoms. The van der Waals surface area contributed by atoms with Gasteiger partial charge in [0, 0.05) is 13.0 Å². The summed E-state index contributed by atoms with van der Waals surface area (Å²) < 4.78 is 11.1. The first-order chi connectivity index (χ1) is 16.3. The van der Waals surface area contributed by atoms with Crippen LogP contribution in [0.2, 0.25) is 0 Å². The van der Waals surface area contributed by atoms with E-state index < -0.39 is 30.4 Å². The van der Waals surface area contributed by atoms with Crippen LogP contribution < -0.4 is 5.32 Å². The molecular formula is C26H30N2O6. The number of benzene rings is 2. The third-order valence-electron chi connectivity index (χ3n) is 6.69. The molecular weight excluding hydrogens is 436 g/mol. The number of hydrogen-bond acceptors (Lipinski definition) is 5. The molecule has 1 heterocycles. The van der Waals surface area contributed by atoms with E-state index in [2.05, 4.69) is 5.32 Å². The minimum Gasteiger partial charge on any atom is -0.481 e. The van der Waals surface area contributed by atoms with Crippen molar-refractivity contribution in [3.05, 3.63) is 59.7 Å². The number of rotatable bonds is 7. The molecule has 2 aromatic carbocycles. The van der Waals surface area contributed by atoms with Gasteiger partial charge in [-0.05, 0) is 42.0 Å². The Kier molecular flexibility index (Phi) is 7.17. The molecule has 34 heavy (non-hydrogen) atoms. The lowest BCUT2D eigenvalue weighted by Gasteiger charge is -2.35. The summed E-state index contributed by atoms with van der Waals surface area (Å²) in [5.41, 5.74) is 4.36. The molecule has 0 spiro atoms. The molecule has 3 atom stereocenters. The molecule has 2 aliphatic rings. The third kappa shape index (κ3) is 5.07. The number of aliphatic carboxylic acids is 1. The van der Waals surface area contributed by atoms with Gasteiger partial charge in [-0.1, -0.05) is 48.5 Å². The van der Waals surface area contributed by atoms with Gasteiger partial charge in [-0.15, -0.1) is 0 Å². The molecule has 1 saturated heterocycles. The second-order valence-electron chi connectivity index (χ2n) is 8.94. The number of carboxylic acids is 1. The molecule has 2 amide bonds. The number of nitrogens with one attached hydrogen (secondary N) is 1. The second-order valence-corrected chi connectivity index (χ2v) is 8.94. The number of nitrogens with zero attached hydrogens (tertiary/aromatic N) is 1. The Morgan fingerprint density at radius 2 is 1.71 bits per heavy atom. The highest BCUT2D eigenvalue weighted by Gasteiger charge is 2.33. The van der Waals surface area contributed by atoms with Crippen LogP contribution in [0.25, 0.3) is 11.1 Å². The molecule has 1 aliphatic heterocycles. The van der Waals surface area contributed by atoms with Crippen molar-refractivity contribution >= 4 is 18.0 Å². The highest BCUT2D eigenvalue weighted by molar-refractivity contribution is 5.89. The highest BCUT2D eigenvalue weighted by atomic mass is 16.5. The maximum absolute atomic E-state index is 13.0. The molecule has 0 aromatic heterocycles. The zero-order valence-electron chi connectivity index (χ0n) is 19.4. The molecule has 3 unspecified atom stereocenters. The smallest absolute Gasteiger partial charge is 0.407 e. The predicted molar refractivity (Wildman–Crippen MR) is 125 cm³/mol. The fraction of sp³-hybridized carbons (Fsp3) is 0.423. The number of fused-ring (bicyclic) bond motifs is 3. The van der Waals surface area contributed by atoms with E-state index in [1.54, 1.807) is 7.05 Å². The van der Waals surface area contributed by atoms with Crippen molar-refractivity contribution < 1.29 is 29.0 Å². The zero-order chi connectivity index (χ0) is 24.2. The molecule has 4 rings (SSSR count). The Labute approximate surface area is 198 Å². The fourth-order valence-corrected chi connectivity index (χ4v) is 4.76. The van der Waals surface area contributed by atoms with Crippen LogP contribution in [0.1, 0.15) is 43.2 Å². The number of carbonyl (C=O) groups is 3. The van der Waals surface area contributed by atoms with Gasteiger partial charge in [0.25, 0.3) is 0 Å². The van der Waals surface area contributed by atoms with Crippen LogP contribution in [-0.4, -0.2) is 66.4 Å². The van der Waals surface area contributed by atoms with Gasteiger partial charge in [-0.3, -0.25) is 9.59 Å². The topological polar surface area (TPSA) is 105 Å². The Morgan fingerprint density at radius 3 is 2.26 bits per heavy atom. The lowest BCUT2D eigenvalue weighted by atomic mass is 9.98. The Balaban J connectivity index is 1.41. The quantitative estimate of drug-likeness (QED) is 0.648. The number of carbonyl (C=O) groups excluding carboxylic acids is 2. The molecule has 0 bridgehead atoms. The second kappa shape index (κ2) is 10.3. The number of likely N-dealkylation sites (N-methyl/N-ethyl adjacent to an activating group) is 1. The predicted octanol–water partition coefficient (Wildman–Crippen LogP) is 3.39. The van der Waals surface area contributed by atoms with Gasteiger partial charge in [0.2, 0.25) is 5.91 Å². The first-order valence-corrected chi connectivity index (χ1v) is 11.6. The first kappa shape index (κ1) is 23.8. The number of amides is 2. The van der Waals surface area contributed by atoms with Crippen LogP contribution in [0, 0.1) is 0 Å². The Hall–Kier alpha value is -3.39. The van der Waals surface area contributed by atoms with Crippen LogP contribution in [0.4, 0.5) is 4.79 Å². The lowest BCUT2D eigenvalue weighted by molar-refractivity contribution is -0.144. The summed E-state index contributed by atoms with van der Waals surface area (Å²) in [5.74, 6) is -1.78. The van der Waals surface area contributed by atoms with E-state index in [0.717, 1.165) is 35.1 Å². The lowest BCUT2D eigenvalue weighted by Crippen LogP contribution is -2.53. The van der Waals surface area contributed by atoms with E-state index in [4.69, 9.17) is 9.47 Å². The minimum atomic E-state index is -1.22. The number of hydrogen-bond donors (Lipinski definition) is 2. The van der Waals surface area contributed by atoms with Gasteiger partial charge in [0.1, 0.15) is 12.6 Å². The van der Waals surface area contributed by atoms with Crippen molar-refractivity contribution in [2.75, 3.05) is 20.3 Å². The summed E-state index contributed by atoms with van der Waals surface area (Å²) in [5, 5.41) is 11.8. The standard InChI is InChI=1S/C26H30N2O6/c1-16-11-12-17(14-33-16)28(2)25(31)23(13-24(29)30)27-26(32)34-15-22-20-9-5-3-7-18(20)19-8-4-6-10-21(19)22/h3-10,16-17,22-23H,11-15H2,1-2H3,(H,27,32)(H,29,30). The van der Waals surface area contributed by atoms with Gasteiger partial charge in [0.15, 0.2) is 0 Å². The molecule has 0 radical (unpaired) electrons. The highest BCUT2D eigenvalue weighted by Crippen LogP contribution is 2.44. The summed E-state index contributed by atoms with van der Waals surface area (Å²) in [4.78, 5) is 38.5. The molecule has 8 nitrogen and oxygen atoms in total. The SMILES string of the molecule is CC1CCC(N(C)C(=O)C(CC(=O)O)NC(=O)OCC2c3ccccc3-c3ccccc32)CO1. The van der Waals surface area contributed by atoms with Crippen LogP contribution in [0.15, 0.2) is 48.5 Å². The number of ether oxygens (including phenoxy) is 2. The minimum absolute atomic E-state index is 0.0814. The summed E-state index contributed by atoms with van der Waals surface area (Å²) in [6.07, 6.45) is 0.355. The average Bonchev–Trinajstić information content (AvgIpc) is 3.15. The van der Waals surface area contributed by atoms with E-state index in [9.17, 15) is 19.5 Å². The van der Waals surface area contributed by atoms with Crippen LogP contribution >= 0.6 is 0 Å². The average molecular weight is 467 g/mol. The monoisotopic (exact) mass is 466 g/mol. The van der Waals surface area contributed by atoms with Crippen molar-refractivity contribution in [3.8, 4) is 11.1 Å². The maximum atomic E-state index is 13.0. The Morgan fingerprint density at radius 1 is 1.09 bits per heavy atom. The van der Waals surface area contributed by atoms with Crippen LogP contribution in [0.5, 0.6) is 0 Å². The van der Waals surface area contributed by atoms with Crippen LogP contribution in [-0.2, 0) is 19.1 Å². The summed E-state index contributed by atoms with van der Waals surface area (Å²) in [6.45, 7) is 2.44. The molecule has 2 N–H and O–H groups in total. The van der Waals surface area contributed by atoms with Crippen molar-refractivity contribution in [2.24, 2.45) is 0 Å². The summed E-state index contributed by atoms with van der Waals surface area (Å²) in [7, 11) is 1.61. The first-order valence-electron chi connectivity index (χ1n) is 11.6. The van der Waals surface area contributed by atoms with Crippen molar-refractivity contribution in [1.82, 2.24) is 10.2 Å². The van der Waals surface area contributed by atoms with Crippen molar-refractivity contribution in [3.63, 3.8) is 0 Å². The van der Waals surface area contributed by atoms with E-state index in [0.29, 0.717) is 6.61 Å². The maximum Gasteiger partial charge on any atom is 0.407 e. The third-order valence-corrected chi connectivity index (χ3v) is 6.69. The van der Waals surface area contributed by atoms with Crippen LogP contribution in [0.3, 0.4) is 0 Å². The molecule has 0 saturated carbocycles. The normalized spacial score (nSPS) is 20.1. The van der Waals surface area contributed by atoms with E-state index in [-0.39, 0.29) is 24.7 Å². The van der Waals surface area contributed by atoms with Gasteiger partial charge >= 0.3 is 12.1 Å². The van der Waals surface area contributed by atoms with Crippen molar-refractivity contribution in [1.29, 1.82) is 0 Å². The summed E-state index contributed by atoms with van der Waals surface area (Å²) >= 11 is 0. The fourth-order valence-electron chi connectivity index (χ4n) is 4.76. The van der Waals surface area contributed by atoms with Gasteiger partial charge in [-0.25, -0.2) is 4.79 Å². The zero-order valence-corrected chi connectivity index (χ0v) is 19.4. The van der Waals surface area contributed by atoms with Gasteiger partial charge in [-0.2, -0.15) is 0 Å². The summed E-state index contributed by atoms with van der Waals surface area (Å²) in [6, 6.07) is 14.6. The number of carboxylic acid groups (broad SMARTS) is 1.